The van der Waals surface area contributed by atoms with E-state index in [1.165, 1.54) is 11.1 Å². The number of aromatic nitrogens is 2. The lowest BCUT2D eigenvalue weighted by molar-refractivity contribution is 0.0787. The Bertz CT molecular complexity index is 784. The maximum absolute atomic E-state index is 12.8. The van der Waals surface area contributed by atoms with Crippen molar-refractivity contribution in [2.75, 3.05) is 26.8 Å². The monoisotopic (exact) mass is 327 g/mol. The maximum atomic E-state index is 12.8. The molecule has 1 aromatic heterocycles. The van der Waals surface area contributed by atoms with Crippen molar-refractivity contribution in [3.8, 4) is 11.6 Å². The van der Waals surface area contributed by atoms with Crippen LogP contribution in [0.5, 0.6) is 11.6 Å². The van der Waals surface area contributed by atoms with Gasteiger partial charge < -0.3 is 14.4 Å². The Morgan fingerprint density at radius 1 is 1.42 bits per heavy atom. The van der Waals surface area contributed by atoms with E-state index in [0.717, 1.165) is 38.3 Å². The van der Waals surface area contributed by atoms with Crippen molar-refractivity contribution in [3.05, 3.63) is 41.1 Å². The number of carbonyl (C=O) groups is 1. The lowest BCUT2D eigenvalue weighted by Gasteiger charge is -2.16. The Labute approximate surface area is 141 Å². The highest BCUT2D eigenvalue weighted by atomic mass is 16.5. The largest absolute Gasteiger partial charge is 0.493 e. The standard InChI is InChI=1S/C18H21N3O3/c1-20-11-15(17(19-20)23-2)18(22)21-7-5-14(10-21)12-3-4-16-13(9-12)6-8-24-16/h3-4,9,11,14H,5-8,10H2,1-2H3/t14-/m1/s1. The third-order valence-electron chi connectivity index (χ3n) is 4.88. The minimum absolute atomic E-state index is 0.00746. The SMILES string of the molecule is COc1nn(C)cc1C(=O)N1CC[C@@H](c2ccc3c(c2)CCO3)C1. The predicted molar refractivity (Wildman–Crippen MR) is 88.7 cm³/mol. The van der Waals surface area contributed by atoms with Crippen LogP contribution in [0.4, 0.5) is 0 Å². The molecule has 0 bridgehead atoms. The second-order valence-corrected chi connectivity index (χ2v) is 6.43. The van der Waals surface area contributed by atoms with Gasteiger partial charge in [0, 0.05) is 38.7 Å². The highest BCUT2D eigenvalue weighted by molar-refractivity contribution is 5.96. The molecule has 0 N–H and O–H groups in total. The van der Waals surface area contributed by atoms with Gasteiger partial charge in [0.2, 0.25) is 5.88 Å². The van der Waals surface area contributed by atoms with Gasteiger partial charge in [0.1, 0.15) is 11.3 Å². The third kappa shape index (κ3) is 2.52. The number of likely N-dealkylation sites (tertiary alicyclic amines) is 1. The Kier molecular flexibility index (Phi) is 3.67. The van der Waals surface area contributed by atoms with E-state index in [1.54, 1.807) is 25.0 Å². The first-order valence-corrected chi connectivity index (χ1v) is 8.28. The number of methoxy groups -OCH3 is 1. The van der Waals surface area contributed by atoms with Crippen LogP contribution in [0.2, 0.25) is 0 Å². The van der Waals surface area contributed by atoms with E-state index in [0.29, 0.717) is 17.4 Å². The van der Waals surface area contributed by atoms with Crippen molar-refractivity contribution in [2.45, 2.75) is 18.8 Å². The van der Waals surface area contributed by atoms with E-state index >= 15 is 0 Å². The zero-order valence-electron chi connectivity index (χ0n) is 14.0. The molecule has 1 atom stereocenters. The fourth-order valence-electron chi connectivity index (χ4n) is 3.61. The van der Waals surface area contributed by atoms with Gasteiger partial charge in [0.25, 0.3) is 5.91 Å². The van der Waals surface area contributed by atoms with Crippen LogP contribution in [0.15, 0.2) is 24.4 Å². The van der Waals surface area contributed by atoms with Gasteiger partial charge in [-0.25, -0.2) is 0 Å². The topological polar surface area (TPSA) is 56.6 Å². The van der Waals surface area contributed by atoms with Gasteiger partial charge >= 0.3 is 0 Å². The van der Waals surface area contributed by atoms with E-state index in [2.05, 4.69) is 23.3 Å². The van der Waals surface area contributed by atoms with Crippen LogP contribution in [0.3, 0.4) is 0 Å². The number of rotatable bonds is 3. The molecule has 2 aliphatic heterocycles. The van der Waals surface area contributed by atoms with Crippen LogP contribution in [0.25, 0.3) is 0 Å². The Morgan fingerprint density at radius 2 is 2.29 bits per heavy atom. The molecule has 1 saturated heterocycles. The summed E-state index contributed by atoms with van der Waals surface area (Å²) < 4.78 is 12.4. The van der Waals surface area contributed by atoms with Gasteiger partial charge in [-0.1, -0.05) is 12.1 Å². The Hall–Kier alpha value is -2.50. The normalized spacial score (nSPS) is 19.2. The quantitative estimate of drug-likeness (QED) is 0.865. The first-order chi connectivity index (χ1) is 11.7. The second-order valence-electron chi connectivity index (χ2n) is 6.43. The van der Waals surface area contributed by atoms with Crippen molar-refractivity contribution in [3.63, 3.8) is 0 Å². The Balaban J connectivity index is 1.51. The summed E-state index contributed by atoms with van der Waals surface area (Å²) in [5.74, 6) is 1.76. The summed E-state index contributed by atoms with van der Waals surface area (Å²) in [6, 6.07) is 6.44. The summed E-state index contributed by atoms with van der Waals surface area (Å²) in [6.07, 6.45) is 3.68. The van der Waals surface area contributed by atoms with Gasteiger partial charge in [-0.05, 0) is 23.6 Å². The third-order valence-corrected chi connectivity index (χ3v) is 4.88. The molecule has 6 heteroatoms. The van der Waals surface area contributed by atoms with Crippen molar-refractivity contribution < 1.29 is 14.3 Å². The molecule has 24 heavy (non-hydrogen) atoms. The smallest absolute Gasteiger partial charge is 0.260 e. The van der Waals surface area contributed by atoms with Crippen LogP contribution < -0.4 is 9.47 Å². The number of aryl methyl sites for hydroxylation is 1. The first kappa shape index (κ1) is 15.1. The first-order valence-electron chi connectivity index (χ1n) is 8.28. The molecule has 1 amide bonds. The summed E-state index contributed by atoms with van der Waals surface area (Å²) in [7, 11) is 3.33. The van der Waals surface area contributed by atoms with Crippen LogP contribution in [-0.2, 0) is 13.5 Å². The molecule has 1 aromatic carbocycles. The van der Waals surface area contributed by atoms with Crippen LogP contribution in [-0.4, -0.2) is 47.4 Å². The number of hydrogen-bond acceptors (Lipinski definition) is 4. The zero-order valence-corrected chi connectivity index (χ0v) is 14.0. The maximum Gasteiger partial charge on any atom is 0.260 e. The molecule has 2 aromatic rings. The second kappa shape index (κ2) is 5.85. The van der Waals surface area contributed by atoms with E-state index in [4.69, 9.17) is 9.47 Å². The van der Waals surface area contributed by atoms with Gasteiger partial charge in [0.05, 0.1) is 13.7 Å². The van der Waals surface area contributed by atoms with E-state index in [1.807, 2.05) is 4.90 Å². The lowest BCUT2D eigenvalue weighted by Crippen LogP contribution is -2.28. The van der Waals surface area contributed by atoms with Gasteiger partial charge in [-0.2, -0.15) is 0 Å². The lowest BCUT2D eigenvalue weighted by atomic mass is 9.96. The fourth-order valence-corrected chi connectivity index (χ4v) is 3.61. The molecule has 2 aliphatic rings. The molecule has 0 unspecified atom stereocenters. The van der Waals surface area contributed by atoms with Crippen LogP contribution in [0, 0.1) is 0 Å². The number of benzene rings is 1. The van der Waals surface area contributed by atoms with Gasteiger partial charge in [0.15, 0.2) is 0 Å². The molecule has 3 heterocycles. The number of ether oxygens (including phenoxy) is 2. The predicted octanol–water partition coefficient (Wildman–Crippen LogP) is 1.99. The molecule has 0 radical (unpaired) electrons. The summed E-state index contributed by atoms with van der Waals surface area (Å²) in [5.41, 5.74) is 3.11. The minimum Gasteiger partial charge on any atom is -0.493 e. The highest BCUT2D eigenvalue weighted by Gasteiger charge is 2.31. The van der Waals surface area contributed by atoms with Gasteiger partial charge in [-0.15, -0.1) is 5.10 Å². The number of amides is 1. The molecule has 4 rings (SSSR count). The number of hydrogen-bond donors (Lipinski definition) is 0. The molecule has 0 aliphatic carbocycles. The van der Waals surface area contributed by atoms with Crippen LogP contribution >= 0.6 is 0 Å². The molecule has 126 valence electrons. The molecule has 0 saturated carbocycles. The summed E-state index contributed by atoms with van der Waals surface area (Å²) >= 11 is 0. The molecular formula is C18H21N3O3. The Morgan fingerprint density at radius 3 is 3.12 bits per heavy atom. The summed E-state index contributed by atoms with van der Waals surface area (Å²) in [4.78, 5) is 14.7. The summed E-state index contributed by atoms with van der Waals surface area (Å²) in [5, 5.41) is 4.17. The van der Waals surface area contributed by atoms with Gasteiger partial charge in [-0.3, -0.25) is 9.48 Å². The van der Waals surface area contributed by atoms with Crippen LogP contribution in [0.1, 0.15) is 33.8 Å². The summed E-state index contributed by atoms with van der Waals surface area (Å²) in [6.45, 7) is 2.26. The molecule has 1 fully saturated rings. The van der Waals surface area contributed by atoms with E-state index < -0.39 is 0 Å². The highest BCUT2D eigenvalue weighted by Crippen LogP contribution is 2.33. The van der Waals surface area contributed by atoms with E-state index in [-0.39, 0.29) is 5.91 Å². The van der Waals surface area contributed by atoms with Crippen molar-refractivity contribution >= 4 is 5.91 Å². The average Bonchev–Trinajstić information content (AvgIpc) is 3.32. The van der Waals surface area contributed by atoms with E-state index in [9.17, 15) is 4.79 Å². The fraction of sp³-hybridized carbons (Fsp3) is 0.444. The number of fused-ring (bicyclic) bond motifs is 1. The minimum atomic E-state index is -0.00746. The zero-order chi connectivity index (χ0) is 16.7. The average molecular weight is 327 g/mol. The molecule has 0 spiro atoms. The molecule has 6 nitrogen and oxygen atoms in total. The van der Waals surface area contributed by atoms with Crippen molar-refractivity contribution in [2.24, 2.45) is 7.05 Å². The number of carbonyl (C=O) groups excluding carboxylic acids is 1. The van der Waals surface area contributed by atoms with Crippen molar-refractivity contribution in [1.82, 2.24) is 14.7 Å². The molecular weight excluding hydrogens is 306 g/mol. The van der Waals surface area contributed by atoms with Crippen molar-refractivity contribution in [1.29, 1.82) is 0 Å². The number of nitrogens with zero attached hydrogens (tertiary/aromatic N) is 3.